The van der Waals surface area contributed by atoms with Crippen molar-refractivity contribution >= 4 is 17.1 Å². The molecule has 2 atom stereocenters. The number of hydrogen-bond acceptors (Lipinski definition) is 7. The number of aryl methyl sites for hydroxylation is 1. The number of allylic oxidation sites excluding steroid dienone is 1. The number of ketones is 2. The predicted molar refractivity (Wildman–Crippen MR) is 112 cm³/mol. The Morgan fingerprint density at radius 2 is 1.97 bits per heavy atom. The van der Waals surface area contributed by atoms with Crippen LogP contribution in [-0.4, -0.2) is 46.8 Å². The molecule has 1 aromatic carbocycles. The van der Waals surface area contributed by atoms with Crippen molar-refractivity contribution in [2.75, 3.05) is 13.1 Å². The SMILES string of the molecule is CC(=O)c1cc(O[C@H]2CNCC2=O)nc(C2=CCC(Oc3ccc(C)cc3)CC2)n1. The van der Waals surface area contributed by atoms with Crippen molar-refractivity contribution in [2.24, 2.45) is 0 Å². The van der Waals surface area contributed by atoms with Gasteiger partial charge in [-0.2, -0.15) is 4.98 Å². The van der Waals surface area contributed by atoms with Gasteiger partial charge in [-0.3, -0.25) is 9.59 Å². The highest BCUT2D eigenvalue weighted by Crippen LogP contribution is 2.29. The third-order valence-corrected chi connectivity index (χ3v) is 5.29. The molecular weight excluding hydrogens is 382 g/mol. The molecule has 1 N–H and O–H groups in total. The van der Waals surface area contributed by atoms with E-state index in [0.29, 0.717) is 12.4 Å². The molecule has 0 amide bonds. The third-order valence-electron chi connectivity index (χ3n) is 5.29. The lowest BCUT2D eigenvalue weighted by molar-refractivity contribution is -0.121. The minimum absolute atomic E-state index is 0.0208. The van der Waals surface area contributed by atoms with Crippen LogP contribution >= 0.6 is 0 Å². The van der Waals surface area contributed by atoms with Crippen LogP contribution in [0.1, 0.15) is 48.1 Å². The number of aromatic nitrogens is 2. The lowest BCUT2D eigenvalue weighted by Crippen LogP contribution is -2.26. The largest absolute Gasteiger partial charge is 0.490 e. The first-order valence-electron chi connectivity index (χ1n) is 10.2. The second kappa shape index (κ2) is 8.75. The van der Waals surface area contributed by atoms with E-state index in [1.165, 1.54) is 18.6 Å². The maximum absolute atomic E-state index is 11.9. The normalized spacial score (nSPS) is 21.3. The number of Topliss-reactive ketones (excluding diaryl/α,β-unsaturated/α-hetero) is 2. The fourth-order valence-corrected chi connectivity index (χ4v) is 3.55. The Labute approximate surface area is 175 Å². The molecule has 156 valence electrons. The first-order valence-corrected chi connectivity index (χ1v) is 10.2. The van der Waals surface area contributed by atoms with E-state index < -0.39 is 6.10 Å². The average molecular weight is 407 g/mol. The Kier molecular flexibility index (Phi) is 5.90. The van der Waals surface area contributed by atoms with Crippen molar-refractivity contribution in [1.82, 2.24) is 15.3 Å². The topological polar surface area (TPSA) is 90.4 Å². The quantitative estimate of drug-likeness (QED) is 0.736. The van der Waals surface area contributed by atoms with Gasteiger partial charge in [0.05, 0.1) is 6.54 Å². The van der Waals surface area contributed by atoms with E-state index in [2.05, 4.69) is 21.4 Å². The van der Waals surface area contributed by atoms with Crippen LogP contribution in [0.2, 0.25) is 0 Å². The van der Waals surface area contributed by atoms with E-state index in [9.17, 15) is 9.59 Å². The van der Waals surface area contributed by atoms with E-state index in [1.807, 2.05) is 31.2 Å². The summed E-state index contributed by atoms with van der Waals surface area (Å²) in [7, 11) is 0. The second-order valence-electron chi connectivity index (χ2n) is 7.73. The molecule has 0 radical (unpaired) electrons. The molecule has 1 unspecified atom stereocenters. The van der Waals surface area contributed by atoms with Gasteiger partial charge in [0.2, 0.25) is 5.88 Å². The van der Waals surface area contributed by atoms with Crippen LogP contribution in [0.5, 0.6) is 11.6 Å². The van der Waals surface area contributed by atoms with Gasteiger partial charge in [0.15, 0.2) is 23.5 Å². The number of carbonyl (C=O) groups excluding carboxylic acids is 2. The van der Waals surface area contributed by atoms with Crippen molar-refractivity contribution in [3.8, 4) is 11.6 Å². The summed E-state index contributed by atoms with van der Waals surface area (Å²) in [4.78, 5) is 32.7. The molecule has 2 heterocycles. The van der Waals surface area contributed by atoms with Crippen LogP contribution in [0.25, 0.3) is 5.57 Å². The number of rotatable bonds is 6. The molecule has 2 aliphatic rings. The van der Waals surface area contributed by atoms with Crippen molar-refractivity contribution in [3.05, 3.63) is 53.5 Å². The zero-order chi connectivity index (χ0) is 21.1. The lowest BCUT2D eigenvalue weighted by atomic mass is 9.96. The van der Waals surface area contributed by atoms with Gasteiger partial charge in [0.25, 0.3) is 0 Å². The summed E-state index contributed by atoms with van der Waals surface area (Å²) in [5.74, 6) is 1.41. The summed E-state index contributed by atoms with van der Waals surface area (Å²) in [6, 6.07) is 9.54. The molecule has 2 aromatic rings. The second-order valence-corrected chi connectivity index (χ2v) is 7.73. The molecule has 4 rings (SSSR count). The summed E-state index contributed by atoms with van der Waals surface area (Å²) in [5, 5.41) is 2.98. The van der Waals surface area contributed by atoms with Gasteiger partial charge >= 0.3 is 0 Å². The van der Waals surface area contributed by atoms with Crippen molar-refractivity contribution in [3.63, 3.8) is 0 Å². The van der Waals surface area contributed by atoms with Crippen molar-refractivity contribution < 1.29 is 19.1 Å². The summed E-state index contributed by atoms with van der Waals surface area (Å²) in [6.45, 7) is 4.23. The van der Waals surface area contributed by atoms with Crippen LogP contribution in [0.4, 0.5) is 0 Å². The Morgan fingerprint density at radius 3 is 2.60 bits per heavy atom. The van der Waals surface area contributed by atoms with Crippen molar-refractivity contribution in [1.29, 1.82) is 0 Å². The highest BCUT2D eigenvalue weighted by atomic mass is 16.5. The summed E-state index contributed by atoms with van der Waals surface area (Å²) < 4.78 is 11.8. The van der Waals surface area contributed by atoms with Gasteiger partial charge in [-0.05, 0) is 37.5 Å². The number of ether oxygens (including phenoxy) is 2. The monoisotopic (exact) mass is 407 g/mol. The van der Waals surface area contributed by atoms with Gasteiger partial charge < -0.3 is 14.8 Å². The molecule has 1 aliphatic heterocycles. The number of hydrogen-bond donors (Lipinski definition) is 1. The van der Waals surface area contributed by atoms with Gasteiger partial charge in [-0.25, -0.2) is 4.98 Å². The lowest BCUT2D eigenvalue weighted by Gasteiger charge is -2.23. The maximum Gasteiger partial charge on any atom is 0.218 e. The number of nitrogens with one attached hydrogen (secondary N) is 1. The first-order chi connectivity index (χ1) is 14.5. The van der Waals surface area contributed by atoms with Gasteiger partial charge in [-0.1, -0.05) is 23.8 Å². The third kappa shape index (κ3) is 4.74. The maximum atomic E-state index is 11.9. The molecule has 0 spiro atoms. The Balaban J connectivity index is 1.49. The average Bonchev–Trinajstić information content (AvgIpc) is 3.14. The van der Waals surface area contributed by atoms with Crippen molar-refractivity contribution in [2.45, 2.75) is 45.3 Å². The van der Waals surface area contributed by atoms with Crippen LogP contribution in [-0.2, 0) is 4.79 Å². The molecular formula is C23H25N3O4. The predicted octanol–water partition coefficient (Wildman–Crippen LogP) is 2.92. The van der Waals surface area contributed by atoms with Gasteiger partial charge in [0.1, 0.15) is 17.5 Å². The molecule has 1 fully saturated rings. The molecule has 0 bridgehead atoms. The van der Waals surface area contributed by atoms with E-state index in [1.54, 1.807) is 0 Å². The highest BCUT2D eigenvalue weighted by molar-refractivity contribution is 5.92. The fraction of sp³-hybridized carbons (Fsp3) is 0.391. The van der Waals surface area contributed by atoms with Crippen LogP contribution < -0.4 is 14.8 Å². The summed E-state index contributed by atoms with van der Waals surface area (Å²) in [6.07, 6.45) is 3.87. The zero-order valence-electron chi connectivity index (χ0n) is 17.2. The summed E-state index contributed by atoms with van der Waals surface area (Å²) >= 11 is 0. The van der Waals surface area contributed by atoms with Crippen LogP contribution in [0.3, 0.4) is 0 Å². The van der Waals surface area contributed by atoms with E-state index in [0.717, 1.165) is 30.6 Å². The molecule has 1 aliphatic carbocycles. The van der Waals surface area contributed by atoms with E-state index in [4.69, 9.17) is 9.47 Å². The molecule has 7 nitrogen and oxygen atoms in total. The number of carbonyl (C=O) groups is 2. The minimum Gasteiger partial charge on any atom is -0.490 e. The number of nitrogens with zero attached hydrogens (tertiary/aromatic N) is 2. The van der Waals surface area contributed by atoms with Gasteiger partial charge in [0, 0.05) is 26.0 Å². The standard InChI is InChI=1S/C23H25N3O4/c1-14-3-7-17(8-4-14)29-18-9-5-16(6-10-18)23-25-19(15(2)27)11-22(26-23)30-21-13-24-12-20(21)28/h3-5,7-8,11,18,21,24H,6,9-10,12-13H2,1-2H3/t18?,21-/m0/s1. The summed E-state index contributed by atoms with van der Waals surface area (Å²) in [5.41, 5.74) is 2.44. The smallest absolute Gasteiger partial charge is 0.218 e. The first kappa shape index (κ1) is 20.2. The zero-order valence-corrected chi connectivity index (χ0v) is 17.2. The van der Waals surface area contributed by atoms with Crippen LogP contribution in [0, 0.1) is 6.92 Å². The van der Waals surface area contributed by atoms with E-state index in [-0.39, 0.29) is 35.8 Å². The molecule has 0 saturated carbocycles. The molecule has 30 heavy (non-hydrogen) atoms. The molecule has 7 heteroatoms. The van der Waals surface area contributed by atoms with E-state index >= 15 is 0 Å². The molecule has 1 saturated heterocycles. The Bertz CT molecular complexity index is 984. The number of benzene rings is 1. The Morgan fingerprint density at radius 1 is 1.17 bits per heavy atom. The molecule has 1 aromatic heterocycles. The minimum atomic E-state index is -0.583. The fourth-order valence-electron chi connectivity index (χ4n) is 3.55. The van der Waals surface area contributed by atoms with Crippen LogP contribution in [0.15, 0.2) is 36.4 Å². The van der Waals surface area contributed by atoms with Gasteiger partial charge in [-0.15, -0.1) is 0 Å². The Hall–Kier alpha value is -3.06. The highest BCUT2D eigenvalue weighted by Gasteiger charge is 2.27.